The van der Waals surface area contributed by atoms with Crippen LogP contribution in [0.2, 0.25) is 13.1 Å². The molecule has 0 fully saturated rings. The third kappa shape index (κ3) is 5.58. The molecule has 44 heavy (non-hydrogen) atoms. The molecular formula is C42H48HfSi. The van der Waals surface area contributed by atoms with Crippen LogP contribution in [0.1, 0.15) is 44.5 Å². The van der Waals surface area contributed by atoms with E-state index in [9.17, 15) is 0 Å². The van der Waals surface area contributed by atoms with Crippen molar-refractivity contribution in [1.29, 1.82) is 0 Å². The Balaban J connectivity index is 0.00000176. The van der Waals surface area contributed by atoms with Crippen LogP contribution in [0.15, 0.2) is 72.8 Å². The molecule has 0 atom stereocenters. The Morgan fingerprint density at radius 1 is 0.477 bits per heavy atom. The summed E-state index contributed by atoms with van der Waals surface area (Å²) in [7, 11) is -1.97. The van der Waals surface area contributed by atoms with Gasteiger partial charge in [-0.3, -0.25) is 0 Å². The Morgan fingerprint density at radius 2 is 0.795 bits per heavy atom. The molecule has 0 aliphatic rings. The number of rotatable bonds is 4. The van der Waals surface area contributed by atoms with Crippen LogP contribution in [0.5, 0.6) is 0 Å². The zero-order valence-corrected chi connectivity index (χ0v) is 33.5. The normalized spacial score (nSPS) is 11.3. The van der Waals surface area contributed by atoms with Gasteiger partial charge in [0.15, 0.2) is 0 Å². The van der Waals surface area contributed by atoms with E-state index >= 15 is 0 Å². The van der Waals surface area contributed by atoms with Gasteiger partial charge in [-0.25, -0.2) is 0 Å². The SMILES string of the molecule is Cc1cc(C)c(C)c(-c2cccc3[cH-]c([Si](C)(C)c4cc5c(-c6c(C)c(C)cc(C)c6C)cccc5[cH-]4)cc23)c1C.[CH3-].[CH3-].[Hf+4]. The molecule has 6 aromatic rings. The molecule has 0 saturated carbocycles. The Hall–Kier alpha value is -2.81. The van der Waals surface area contributed by atoms with E-state index in [-0.39, 0.29) is 40.7 Å². The summed E-state index contributed by atoms with van der Waals surface area (Å²) < 4.78 is 0. The van der Waals surface area contributed by atoms with Crippen molar-refractivity contribution in [2.45, 2.75) is 68.5 Å². The van der Waals surface area contributed by atoms with E-state index in [0.717, 1.165) is 0 Å². The van der Waals surface area contributed by atoms with Crippen LogP contribution in [0.25, 0.3) is 43.8 Å². The molecule has 0 nitrogen and oxygen atoms in total. The summed E-state index contributed by atoms with van der Waals surface area (Å²) in [5.41, 5.74) is 16.6. The molecule has 0 aliphatic carbocycles. The van der Waals surface area contributed by atoms with Crippen molar-refractivity contribution < 1.29 is 25.8 Å². The fourth-order valence-corrected chi connectivity index (χ4v) is 9.41. The Kier molecular flexibility index (Phi) is 10.4. The van der Waals surface area contributed by atoms with Gasteiger partial charge in [-0.05, 0) is 111 Å². The molecule has 0 N–H and O–H groups in total. The first-order chi connectivity index (χ1) is 19.4. The Bertz CT molecular complexity index is 1800. The molecule has 0 amide bonds. The molecule has 0 heterocycles. The van der Waals surface area contributed by atoms with Crippen LogP contribution in [0.3, 0.4) is 0 Å². The Labute approximate surface area is 287 Å². The number of benzene rings is 4. The van der Waals surface area contributed by atoms with Crippen LogP contribution in [-0.4, -0.2) is 8.07 Å². The first kappa shape index (κ1) is 35.7. The van der Waals surface area contributed by atoms with Crippen molar-refractivity contribution in [1.82, 2.24) is 0 Å². The topological polar surface area (TPSA) is 0 Å². The van der Waals surface area contributed by atoms with Gasteiger partial charge in [0, 0.05) is 0 Å². The van der Waals surface area contributed by atoms with Crippen LogP contribution in [-0.2, 0) is 25.8 Å². The third-order valence-corrected chi connectivity index (χ3v) is 13.7. The van der Waals surface area contributed by atoms with Gasteiger partial charge in [0.05, 0.1) is 8.07 Å². The van der Waals surface area contributed by atoms with Crippen LogP contribution in [0, 0.1) is 70.2 Å². The van der Waals surface area contributed by atoms with Crippen molar-refractivity contribution in [2.24, 2.45) is 0 Å². The summed E-state index contributed by atoms with van der Waals surface area (Å²) in [6.45, 7) is 23.1. The fraction of sp³-hybridized carbons (Fsp3) is 0.238. The second-order valence-corrected chi connectivity index (χ2v) is 17.4. The first-order valence-corrected chi connectivity index (χ1v) is 18.0. The summed E-state index contributed by atoms with van der Waals surface area (Å²) in [6, 6.07) is 28.4. The predicted octanol–water partition coefficient (Wildman–Crippen LogP) is 11.0. The predicted molar refractivity (Wildman–Crippen MR) is 197 cm³/mol. The Morgan fingerprint density at radius 3 is 1.11 bits per heavy atom. The van der Waals surface area contributed by atoms with Gasteiger partial charge < -0.3 is 14.9 Å². The van der Waals surface area contributed by atoms with Crippen LogP contribution >= 0.6 is 0 Å². The molecule has 0 aromatic heterocycles. The van der Waals surface area contributed by atoms with E-state index < -0.39 is 8.07 Å². The molecular weight excluding hydrogens is 711 g/mol. The summed E-state index contributed by atoms with van der Waals surface area (Å²) >= 11 is 0. The van der Waals surface area contributed by atoms with Gasteiger partial charge in [0.1, 0.15) is 0 Å². The van der Waals surface area contributed by atoms with Gasteiger partial charge in [-0.1, -0.05) is 48.5 Å². The average Bonchev–Trinajstić information content (AvgIpc) is 3.58. The molecule has 0 saturated heterocycles. The molecule has 0 spiro atoms. The second-order valence-electron chi connectivity index (χ2n) is 13.0. The van der Waals surface area contributed by atoms with Crippen molar-refractivity contribution in [3.05, 3.63) is 132 Å². The molecule has 0 unspecified atom stereocenters. The van der Waals surface area contributed by atoms with Gasteiger partial charge in [0.25, 0.3) is 0 Å². The molecule has 2 heteroatoms. The zero-order chi connectivity index (χ0) is 29.4. The summed E-state index contributed by atoms with van der Waals surface area (Å²) in [6.07, 6.45) is 0. The average molecular weight is 759 g/mol. The molecule has 0 aliphatic heterocycles. The quantitative estimate of drug-likeness (QED) is 0.124. The van der Waals surface area contributed by atoms with Gasteiger partial charge in [0.2, 0.25) is 0 Å². The van der Waals surface area contributed by atoms with E-state index in [0.29, 0.717) is 0 Å². The van der Waals surface area contributed by atoms with Gasteiger partial charge in [-0.15, -0.1) is 68.3 Å². The molecule has 224 valence electrons. The number of hydrogen-bond donors (Lipinski definition) is 0. The van der Waals surface area contributed by atoms with Crippen molar-refractivity contribution in [2.75, 3.05) is 0 Å². The van der Waals surface area contributed by atoms with E-state index in [1.807, 2.05) is 0 Å². The van der Waals surface area contributed by atoms with Crippen molar-refractivity contribution >= 4 is 40.0 Å². The zero-order valence-electron chi connectivity index (χ0n) is 28.9. The monoisotopic (exact) mass is 760 g/mol. The van der Waals surface area contributed by atoms with E-state index in [1.165, 1.54) is 98.7 Å². The summed E-state index contributed by atoms with van der Waals surface area (Å²) in [4.78, 5) is 0. The molecule has 6 rings (SSSR count). The van der Waals surface area contributed by atoms with E-state index in [4.69, 9.17) is 0 Å². The maximum atomic E-state index is 2.52. The van der Waals surface area contributed by atoms with Crippen molar-refractivity contribution in [3.8, 4) is 22.3 Å². The fourth-order valence-electron chi connectivity index (χ4n) is 7.04. The summed E-state index contributed by atoms with van der Waals surface area (Å²) in [5, 5.41) is 8.50. The minimum absolute atomic E-state index is 0. The van der Waals surface area contributed by atoms with Gasteiger partial charge >= 0.3 is 25.8 Å². The van der Waals surface area contributed by atoms with Crippen LogP contribution < -0.4 is 10.4 Å². The van der Waals surface area contributed by atoms with E-state index in [2.05, 4.69) is 141 Å². The number of aryl methyl sites for hydroxylation is 4. The second kappa shape index (κ2) is 12.9. The first-order valence-electron chi connectivity index (χ1n) is 15.0. The minimum Gasteiger partial charge on any atom is -0.358 e. The molecule has 6 aromatic carbocycles. The largest absolute Gasteiger partial charge is 4.00 e. The maximum Gasteiger partial charge on any atom is 4.00 e. The summed E-state index contributed by atoms with van der Waals surface area (Å²) in [5.74, 6) is 0. The minimum atomic E-state index is -1.97. The maximum absolute atomic E-state index is 2.52. The van der Waals surface area contributed by atoms with Crippen molar-refractivity contribution in [3.63, 3.8) is 0 Å². The molecule has 0 radical (unpaired) electrons. The standard InChI is InChI=1S/C40H42Si.2CH3.Hf/c1-23-17-24(2)28(6)39(27(23)5)35-15-11-13-31-19-33(21-37(31)35)41(9,10)34-20-32-14-12-16-36(38(32)22-34)40-29(7)25(3)18-26(4)30(40)8;;;/h11-22H,1-10H3;2*1H3;/q-2;2*-1;+4. The number of fused-ring (bicyclic) bond motifs is 2. The smallest absolute Gasteiger partial charge is 0.358 e. The molecule has 0 bridgehead atoms. The van der Waals surface area contributed by atoms with Gasteiger partial charge in [-0.2, -0.15) is 12.1 Å². The van der Waals surface area contributed by atoms with E-state index in [1.54, 1.807) is 0 Å². The number of hydrogen-bond acceptors (Lipinski definition) is 0. The van der Waals surface area contributed by atoms with Crippen LogP contribution in [0.4, 0.5) is 0 Å². The third-order valence-electron chi connectivity index (χ3n) is 10.2.